The van der Waals surface area contributed by atoms with Crippen LogP contribution in [-0.4, -0.2) is 18.5 Å². The largest absolute Gasteiger partial charge is 0.356 e. The average Bonchev–Trinajstić information content (AvgIpc) is 2.69. The fourth-order valence-electron chi connectivity index (χ4n) is 1.91. The zero-order valence-electron chi connectivity index (χ0n) is 11.4. The van der Waals surface area contributed by atoms with Crippen molar-refractivity contribution in [3.63, 3.8) is 0 Å². The molecular formula is C14H26N2O. The second-order valence-electron chi connectivity index (χ2n) is 6.03. The normalized spacial score (nSPS) is 17.8. The highest BCUT2D eigenvalue weighted by Gasteiger charge is 2.22. The van der Waals surface area contributed by atoms with E-state index in [0.717, 1.165) is 13.0 Å². The number of nitrogens with two attached hydrogens (primary N) is 1. The molecule has 0 bridgehead atoms. The lowest BCUT2D eigenvalue weighted by Gasteiger charge is -2.26. The van der Waals surface area contributed by atoms with Gasteiger partial charge < -0.3 is 11.1 Å². The molecule has 1 rings (SSSR count). The minimum Gasteiger partial charge on any atom is -0.356 e. The monoisotopic (exact) mass is 238 g/mol. The van der Waals surface area contributed by atoms with E-state index in [2.05, 4.69) is 32.2 Å². The molecule has 1 amide bonds. The molecule has 0 saturated heterocycles. The van der Waals surface area contributed by atoms with Crippen molar-refractivity contribution in [2.24, 2.45) is 11.1 Å². The van der Waals surface area contributed by atoms with Crippen molar-refractivity contribution in [1.29, 1.82) is 0 Å². The van der Waals surface area contributed by atoms with Crippen molar-refractivity contribution in [3.05, 3.63) is 11.6 Å². The molecule has 3 heteroatoms. The minimum absolute atomic E-state index is 0.00861. The van der Waals surface area contributed by atoms with Gasteiger partial charge in [-0.15, -0.1) is 0 Å². The van der Waals surface area contributed by atoms with E-state index in [1.54, 1.807) is 0 Å². The lowest BCUT2D eigenvalue weighted by molar-refractivity contribution is -0.121. The molecule has 17 heavy (non-hydrogen) atoms. The number of carbonyl (C=O) groups excluding carboxylic acids is 1. The zero-order chi connectivity index (χ0) is 12.9. The van der Waals surface area contributed by atoms with E-state index in [1.807, 2.05) is 0 Å². The summed E-state index contributed by atoms with van der Waals surface area (Å²) >= 11 is 0. The van der Waals surface area contributed by atoms with Gasteiger partial charge in [0, 0.05) is 19.0 Å². The molecule has 1 unspecified atom stereocenters. The highest BCUT2D eigenvalue weighted by atomic mass is 16.1. The van der Waals surface area contributed by atoms with Crippen molar-refractivity contribution < 1.29 is 4.79 Å². The quantitative estimate of drug-likeness (QED) is 0.722. The van der Waals surface area contributed by atoms with Crippen LogP contribution >= 0.6 is 0 Å². The summed E-state index contributed by atoms with van der Waals surface area (Å²) in [5, 5.41) is 2.95. The average molecular weight is 238 g/mol. The highest BCUT2D eigenvalue weighted by molar-refractivity contribution is 5.76. The Balaban J connectivity index is 2.17. The fraction of sp³-hybridized carbons (Fsp3) is 0.786. The van der Waals surface area contributed by atoms with Crippen LogP contribution in [0.5, 0.6) is 0 Å². The van der Waals surface area contributed by atoms with Crippen LogP contribution in [0.2, 0.25) is 0 Å². The van der Waals surface area contributed by atoms with Gasteiger partial charge >= 0.3 is 0 Å². The first-order valence-electron chi connectivity index (χ1n) is 6.60. The molecule has 0 aliphatic heterocycles. The van der Waals surface area contributed by atoms with E-state index in [4.69, 9.17) is 5.73 Å². The second-order valence-corrected chi connectivity index (χ2v) is 6.03. The lowest BCUT2D eigenvalue weighted by Crippen LogP contribution is -2.40. The molecule has 1 aliphatic carbocycles. The molecule has 0 fully saturated rings. The number of hydrogen-bond acceptors (Lipinski definition) is 2. The third-order valence-electron chi connectivity index (χ3n) is 3.42. The van der Waals surface area contributed by atoms with Gasteiger partial charge in [0.25, 0.3) is 0 Å². The smallest absolute Gasteiger partial charge is 0.221 e. The van der Waals surface area contributed by atoms with Gasteiger partial charge in [-0.1, -0.05) is 32.4 Å². The maximum Gasteiger partial charge on any atom is 0.221 e. The Kier molecular flexibility index (Phi) is 5.19. The van der Waals surface area contributed by atoms with Gasteiger partial charge in [-0.3, -0.25) is 4.79 Å². The van der Waals surface area contributed by atoms with Gasteiger partial charge in [-0.05, 0) is 31.1 Å². The van der Waals surface area contributed by atoms with Crippen LogP contribution in [0, 0.1) is 5.41 Å². The molecule has 0 aromatic heterocycles. The van der Waals surface area contributed by atoms with Gasteiger partial charge in [0.05, 0.1) is 0 Å². The van der Waals surface area contributed by atoms with Gasteiger partial charge in [0.15, 0.2) is 0 Å². The number of hydrogen-bond donors (Lipinski definition) is 2. The van der Waals surface area contributed by atoms with E-state index in [-0.39, 0.29) is 17.4 Å². The van der Waals surface area contributed by atoms with E-state index < -0.39 is 0 Å². The van der Waals surface area contributed by atoms with Crippen molar-refractivity contribution >= 4 is 5.91 Å². The molecule has 1 atom stereocenters. The van der Waals surface area contributed by atoms with Crippen molar-refractivity contribution in [2.75, 3.05) is 6.54 Å². The Morgan fingerprint density at radius 3 is 2.76 bits per heavy atom. The SMILES string of the molecule is CC(C)(C)C(N)CC(=O)NCCC1=CCCC1. The predicted molar refractivity (Wildman–Crippen MR) is 71.6 cm³/mol. The maximum atomic E-state index is 11.7. The van der Waals surface area contributed by atoms with Crippen LogP contribution in [0.4, 0.5) is 0 Å². The first-order chi connectivity index (χ1) is 7.89. The third kappa shape index (κ3) is 5.35. The Morgan fingerprint density at radius 2 is 2.24 bits per heavy atom. The van der Waals surface area contributed by atoms with E-state index in [0.29, 0.717) is 6.42 Å². The standard InChI is InChI=1S/C14H26N2O/c1-14(2,3)12(15)10-13(17)16-9-8-11-6-4-5-7-11/h6,12H,4-5,7-10,15H2,1-3H3,(H,16,17). The zero-order valence-corrected chi connectivity index (χ0v) is 11.4. The molecule has 0 heterocycles. The first kappa shape index (κ1) is 14.2. The molecule has 0 saturated carbocycles. The third-order valence-corrected chi connectivity index (χ3v) is 3.42. The summed E-state index contributed by atoms with van der Waals surface area (Å²) in [4.78, 5) is 11.7. The minimum atomic E-state index is -0.0757. The van der Waals surface area contributed by atoms with Crippen LogP contribution in [0.25, 0.3) is 0 Å². The second kappa shape index (κ2) is 6.20. The molecule has 3 N–H and O–H groups in total. The molecule has 0 radical (unpaired) electrons. The van der Waals surface area contributed by atoms with Crippen LogP contribution < -0.4 is 11.1 Å². The van der Waals surface area contributed by atoms with E-state index >= 15 is 0 Å². The topological polar surface area (TPSA) is 55.1 Å². The molecule has 1 aliphatic rings. The highest BCUT2D eigenvalue weighted by Crippen LogP contribution is 2.20. The van der Waals surface area contributed by atoms with Crippen molar-refractivity contribution in [3.8, 4) is 0 Å². The number of rotatable bonds is 5. The first-order valence-corrected chi connectivity index (χ1v) is 6.60. The fourth-order valence-corrected chi connectivity index (χ4v) is 1.91. The van der Waals surface area contributed by atoms with Gasteiger partial charge in [-0.2, -0.15) is 0 Å². The van der Waals surface area contributed by atoms with E-state index in [1.165, 1.54) is 24.8 Å². The summed E-state index contributed by atoms with van der Waals surface area (Å²) in [6.45, 7) is 6.94. The Hall–Kier alpha value is -0.830. The predicted octanol–water partition coefficient (Wildman–Crippen LogP) is 2.37. The summed E-state index contributed by atoms with van der Waals surface area (Å²) in [7, 11) is 0. The Labute approximate surface area is 105 Å². The van der Waals surface area contributed by atoms with Crippen molar-refractivity contribution in [1.82, 2.24) is 5.32 Å². The van der Waals surface area contributed by atoms with Crippen LogP contribution in [-0.2, 0) is 4.79 Å². The molecule has 3 nitrogen and oxygen atoms in total. The number of carbonyl (C=O) groups is 1. The van der Waals surface area contributed by atoms with Crippen molar-refractivity contribution in [2.45, 2.75) is 58.9 Å². The number of allylic oxidation sites excluding steroid dienone is 1. The molecular weight excluding hydrogens is 212 g/mol. The van der Waals surface area contributed by atoms with Crippen LogP contribution in [0.3, 0.4) is 0 Å². The molecule has 98 valence electrons. The van der Waals surface area contributed by atoms with E-state index in [9.17, 15) is 4.79 Å². The maximum absolute atomic E-state index is 11.7. The summed E-state index contributed by atoms with van der Waals surface area (Å²) in [6.07, 6.45) is 7.40. The van der Waals surface area contributed by atoms with Gasteiger partial charge in [0.2, 0.25) is 5.91 Å². The summed E-state index contributed by atoms with van der Waals surface area (Å²) in [5.74, 6) is 0.0750. The summed E-state index contributed by atoms with van der Waals surface area (Å²) in [5.41, 5.74) is 7.46. The summed E-state index contributed by atoms with van der Waals surface area (Å²) in [6, 6.07) is -0.0757. The molecule has 0 aromatic carbocycles. The van der Waals surface area contributed by atoms with Gasteiger partial charge in [0.1, 0.15) is 0 Å². The number of nitrogens with one attached hydrogen (secondary N) is 1. The Morgan fingerprint density at radius 1 is 1.53 bits per heavy atom. The van der Waals surface area contributed by atoms with Crippen LogP contribution in [0.15, 0.2) is 11.6 Å². The number of amides is 1. The lowest BCUT2D eigenvalue weighted by atomic mass is 9.85. The summed E-state index contributed by atoms with van der Waals surface area (Å²) < 4.78 is 0. The van der Waals surface area contributed by atoms with Crippen LogP contribution in [0.1, 0.15) is 52.9 Å². The molecule has 0 spiro atoms. The molecule has 0 aromatic rings. The van der Waals surface area contributed by atoms with Gasteiger partial charge in [-0.25, -0.2) is 0 Å². The Bertz CT molecular complexity index is 289.